The number of para-hydroxylation sites is 2. The fourth-order valence-corrected chi connectivity index (χ4v) is 3.16. The summed E-state index contributed by atoms with van der Waals surface area (Å²) in [6.07, 6.45) is 0. The van der Waals surface area contributed by atoms with Gasteiger partial charge in [-0.1, -0.05) is 36.4 Å². The van der Waals surface area contributed by atoms with Crippen molar-refractivity contribution in [3.05, 3.63) is 84.9 Å². The first kappa shape index (κ1) is 15.9. The lowest BCUT2D eigenvalue weighted by Crippen LogP contribution is -2.13. The highest BCUT2D eigenvalue weighted by molar-refractivity contribution is 7.92. The van der Waals surface area contributed by atoms with Crippen LogP contribution in [0.15, 0.2) is 89.8 Å². The van der Waals surface area contributed by atoms with Crippen molar-refractivity contribution in [1.29, 1.82) is 0 Å². The lowest BCUT2D eigenvalue weighted by Gasteiger charge is -2.11. The van der Waals surface area contributed by atoms with E-state index in [4.69, 9.17) is 0 Å². The van der Waals surface area contributed by atoms with E-state index in [1.165, 1.54) is 0 Å². The van der Waals surface area contributed by atoms with Crippen LogP contribution in [-0.4, -0.2) is 8.42 Å². The number of nitrogens with one attached hydrogen (secondary N) is 3. The number of anilines is 3. The second kappa shape index (κ2) is 7.06. The van der Waals surface area contributed by atoms with Crippen LogP contribution < -0.4 is 15.6 Å². The monoisotopic (exact) mass is 339 g/mol. The number of sulfonamides is 1. The van der Waals surface area contributed by atoms with E-state index < -0.39 is 10.0 Å². The molecule has 5 nitrogen and oxygen atoms in total. The van der Waals surface area contributed by atoms with Gasteiger partial charge in [-0.25, -0.2) is 8.42 Å². The van der Waals surface area contributed by atoms with E-state index in [1.807, 2.05) is 36.4 Å². The van der Waals surface area contributed by atoms with Gasteiger partial charge in [0.1, 0.15) is 0 Å². The predicted molar refractivity (Wildman–Crippen MR) is 97.4 cm³/mol. The van der Waals surface area contributed by atoms with Gasteiger partial charge in [0.05, 0.1) is 16.3 Å². The lowest BCUT2D eigenvalue weighted by molar-refractivity contribution is 0.601. The van der Waals surface area contributed by atoms with Crippen LogP contribution in [0.25, 0.3) is 0 Å². The Morgan fingerprint density at radius 3 is 1.54 bits per heavy atom. The Morgan fingerprint density at radius 2 is 1.00 bits per heavy atom. The zero-order valence-electron chi connectivity index (χ0n) is 12.8. The van der Waals surface area contributed by atoms with E-state index in [1.54, 1.807) is 48.5 Å². The molecule has 0 atom stereocenters. The first-order chi connectivity index (χ1) is 11.6. The quantitative estimate of drug-likeness (QED) is 0.595. The molecule has 122 valence electrons. The van der Waals surface area contributed by atoms with Gasteiger partial charge in [-0.2, -0.15) is 0 Å². The molecule has 0 saturated heterocycles. The normalized spacial score (nSPS) is 10.8. The largest absolute Gasteiger partial charge is 0.301 e. The van der Waals surface area contributed by atoms with E-state index in [0.717, 1.165) is 11.4 Å². The minimum Gasteiger partial charge on any atom is -0.301 e. The van der Waals surface area contributed by atoms with Crippen molar-refractivity contribution >= 4 is 27.1 Å². The number of hydrogen-bond donors (Lipinski definition) is 3. The van der Waals surface area contributed by atoms with E-state index in [2.05, 4.69) is 15.6 Å². The highest BCUT2D eigenvalue weighted by Gasteiger charge is 2.13. The summed E-state index contributed by atoms with van der Waals surface area (Å²) in [5, 5.41) is 0. The molecule has 0 amide bonds. The molecule has 3 N–H and O–H groups in total. The van der Waals surface area contributed by atoms with Crippen LogP contribution in [0.2, 0.25) is 0 Å². The zero-order chi connectivity index (χ0) is 16.8. The Hall–Kier alpha value is -2.99. The molecule has 24 heavy (non-hydrogen) atoms. The molecular weight excluding hydrogens is 322 g/mol. The molecule has 0 aliphatic carbocycles. The average Bonchev–Trinajstić information content (AvgIpc) is 2.62. The summed E-state index contributed by atoms with van der Waals surface area (Å²) in [6, 6.07) is 25.0. The summed E-state index contributed by atoms with van der Waals surface area (Å²) in [5.41, 5.74) is 8.28. The molecule has 0 radical (unpaired) electrons. The number of benzene rings is 3. The first-order valence-electron chi connectivity index (χ1n) is 7.38. The van der Waals surface area contributed by atoms with Gasteiger partial charge >= 0.3 is 0 Å². The van der Waals surface area contributed by atoms with Gasteiger partial charge in [0.25, 0.3) is 10.0 Å². The number of rotatable bonds is 6. The van der Waals surface area contributed by atoms with Crippen LogP contribution in [0.3, 0.4) is 0 Å². The van der Waals surface area contributed by atoms with Gasteiger partial charge in [-0.05, 0) is 48.5 Å². The molecule has 3 aromatic rings. The molecule has 0 aliphatic rings. The molecule has 0 unspecified atom stereocenters. The van der Waals surface area contributed by atoms with Crippen molar-refractivity contribution in [3.8, 4) is 0 Å². The van der Waals surface area contributed by atoms with Gasteiger partial charge in [-0.3, -0.25) is 4.72 Å². The fourth-order valence-electron chi connectivity index (χ4n) is 2.10. The van der Waals surface area contributed by atoms with Gasteiger partial charge in [0.2, 0.25) is 0 Å². The van der Waals surface area contributed by atoms with Gasteiger partial charge in [0, 0.05) is 5.69 Å². The minimum atomic E-state index is -3.60. The Labute approximate surface area is 141 Å². The summed E-state index contributed by atoms with van der Waals surface area (Å²) >= 11 is 0. The molecule has 0 aliphatic heterocycles. The van der Waals surface area contributed by atoms with Gasteiger partial charge < -0.3 is 10.9 Å². The number of hydrazine groups is 1. The Balaban J connectivity index is 1.67. The molecule has 3 aromatic carbocycles. The standard InChI is InChI=1S/C18H17N3O2S/c22-24(23,21-17-9-5-2-6-10-17)18-13-11-16(12-14-18)20-19-15-7-3-1-4-8-15/h1-14,19-21H. The van der Waals surface area contributed by atoms with Crippen molar-refractivity contribution in [2.24, 2.45) is 0 Å². The van der Waals surface area contributed by atoms with Crippen LogP contribution in [0.1, 0.15) is 0 Å². The Morgan fingerprint density at radius 1 is 0.542 bits per heavy atom. The van der Waals surface area contributed by atoms with Crippen molar-refractivity contribution in [2.45, 2.75) is 4.90 Å². The molecule has 0 spiro atoms. The lowest BCUT2D eigenvalue weighted by atomic mass is 10.3. The summed E-state index contributed by atoms with van der Waals surface area (Å²) in [4.78, 5) is 0.205. The topological polar surface area (TPSA) is 70.2 Å². The second-order valence-corrected chi connectivity index (χ2v) is 6.79. The van der Waals surface area contributed by atoms with Gasteiger partial charge in [-0.15, -0.1) is 0 Å². The van der Waals surface area contributed by atoms with E-state index in [0.29, 0.717) is 5.69 Å². The van der Waals surface area contributed by atoms with Crippen molar-refractivity contribution in [1.82, 2.24) is 0 Å². The summed E-state index contributed by atoms with van der Waals surface area (Å²) in [6.45, 7) is 0. The Kier molecular flexibility index (Phi) is 4.67. The van der Waals surface area contributed by atoms with E-state index in [9.17, 15) is 8.42 Å². The SMILES string of the molecule is O=S(=O)(Nc1ccccc1)c1ccc(NNc2ccccc2)cc1. The van der Waals surface area contributed by atoms with Crippen LogP contribution >= 0.6 is 0 Å². The van der Waals surface area contributed by atoms with Crippen molar-refractivity contribution < 1.29 is 8.42 Å². The van der Waals surface area contributed by atoms with Crippen LogP contribution in [0, 0.1) is 0 Å². The summed E-state index contributed by atoms with van der Waals surface area (Å²) in [5.74, 6) is 0. The second-order valence-electron chi connectivity index (χ2n) is 5.11. The highest BCUT2D eigenvalue weighted by atomic mass is 32.2. The summed E-state index contributed by atoms with van der Waals surface area (Å²) in [7, 11) is -3.60. The minimum absolute atomic E-state index is 0.205. The third kappa shape index (κ3) is 4.05. The zero-order valence-corrected chi connectivity index (χ0v) is 13.6. The number of hydrogen-bond acceptors (Lipinski definition) is 4. The summed E-state index contributed by atoms with van der Waals surface area (Å²) < 4.78 is 27.2. The first-order valence-corrected chi connectivity index (χ1v) is 8.87. The molecule has 0 saturated carbocycles. The third-order valence-corrected chi connectivity index (χ3v) is 4.71. The Bertz CT molecular complexity index is 881. The predicted octanol–water partition coefficient (Wildman–Crippen LogP) is 3.93. The van der Waals surface area contributed by atoms with Crippen LogP contribution in [-0.2, 0) is 10.0 Å². The fraction of sp³-hybridized carbons (Fsp3) is 0. The molecule has 0 aromatic heterocycles. The molecular formula is C18H17N3O2S. The van der Waals surface area contributed by atoms with Crippen molar-refractivity contribution in [3.63, 3.8) is 0 Å². The molecule has 0 bridgehead atoms. The third-order valence-electron chi connectivity index (χ3n) is 3.32. The molecule has 3 rings (SSSR count). The maximum absolute atomic E-state index is 12.3. The maximum Gasteiger partial charge on any atom is 0.261 e. The van der Waals surface area contributed by atoms with Crippen LogP contribution in [0.4, 0.5) is 17.1 Å². The highest BCUT2D eigenvalue weighted by Crippen LogP contribution is 2.18. The van der Waals surface area contributed by atoms with E-state index in [-0.39, 0.29) is 4.90 Å². The average molecular weight is 339 g/mol. The van der Waals surface area contributed by atoms with Crippen molar-refractivity contribution in [2.75, 3.05) is 15.6 Å². The molecule has 0 heterocycles. The van der Waals surface area contributed by atoms with E-state index >= 15 is 0 Å². The van der Waals surface area contributed by atoms with Crippen LogP contribution in [0.5, 0.6) is 0 Å². The smallest absolute Gasteiger partial charge is 0.261 e. The maximum atomic E-state index is 12.3. The van der Waals surface area contributed by atoms with Gasteiger partial charge in [0.15, 0.2) is 0 Å². The molecule has 6 heteroatoms. The molecule has 0 fully saturated rings.